The van der Waals surface area contributed by atoms with E-state index in [2.05, 4.69) is 15.9 Å². The molecular weight excluding hydrogens is 318 g/mol. The molecule has 100 valence electrons. The molecular formula is C16H12BrNO2. The average Bonchev–Trinajstić information content (AvgIpc) is 2.75. The van der Waals surface area contributed by atoms with Crippen molar-refractivity contribution in [2.45, 2.75) is 13.3 Å². The molecule has 1 amide bonds. The molecule has 3 nitrogen and oxygen atoms in total. The summed E-state index contributed by atoms with van der Waals surface area (Å²) in [6, 6.07) is 9.40. The van der Waals surface area contributed by atoms with Gasteiger partial charge in [0, 0.05) is 15.6 Å². The van der Waals surface area contributed by atoms with Gasteiger partial charge in [-0.2, -0.15) is 0 Å². The second kappa shape index (κ2) is 4.56. The zero-order valence-corrected chi connectivity index (χ0v) is 12.5. The van der Waals surface area contributed by atoms with E-state index >= 15 is 0 Å². The van der Waals surface area contributed by atoms with Crippen LogP contribution < -0.4 is 5.73 Å². The number of hydrogen-bond acceptors (Lipinski definition) is 2. The molecule has 1 aliphatic rings. The summed E-state index contributed by atoms with van der Waals surface area (Å²) in [5.74, 6) is -0.387. The van der Waals surface area contributed by atoms with Crippen LogP contribution in [0.5, 0.6) is 0 Å². The zero-order valence-electron chi connectivity index (χ0n) is 10.9. The van der Waals surface area contributed by atoms with Crippen LogP contribution in [-0.2, 0) is 6.42 Å². The fourth-order valence-electron chi connectivity index (χ4n) is 2.70. The Bertz CT molecular complexity index is 765. The van der Waals surface area contributed by atoms with Gasteiger partial charge in [0.1, 0.15) is 0 Å². The fraction of sp³-hybridized carbons (Fsp3) is 0.125. The smallest absolute Gasteiger partial charge is 0.249 e. The molecule has 2 N–H and O–H groups in total. The second-order valence-electron chi connectivity index (χ2n) is 4.95. The zero-order chi connectivity index (χ0) is 14.4. The van der Waals surface area contributed by atoms with Crippen molar-refractivity contribution in [3.05, 3.63) is 57.1 Å². The van der Waals surface area contributed by atoms with E-state index < -0.39 is 5.91 Å². The minimum atomic E-state index is -0.429. The monoisotopic (exact) mass is 329 g/mol. The van der Waals surface area contributed by atoms with Crippen molar-refractivity contribution in [3.63, 3.8) is 0 Å². The first-order valence-electron chi connectivity index (χ1n) is 6.24. The van der Waals surface area contributed by atoms with Crippen molar-refractivity contribution in [2.75, 3.05) is 0 Å². The number of benzene rings is 2. The molecule has 1 aliphatic carbocycles. The highest BCUT2D eigenvalue weighted by Crippen LogP contribution is 2.40. The lowest BCUT2D eigenvalue weighted by molar-refractivity contribution is 0.0995. The molecule has 3 rings (SSSR count). The van der Waals surface area contributed by atoms with Crippen LogP contribution in [0.15, 0.2) is 34.8 Å². The lowest BCUT2D eigenvalue weighted by Crippen LogP contribution is -2.13. The number of carbonyl (C=O) groups excluding carboxylic acids is 2. The number of nitrogens with two attached hydrogens (primary N) is 1. The van der Waals surface area contributed by atoms with E-state index in [9.17, 15) is 9.59 Å². The SMILES string of the molecule is CC(=O)c1ccc2c(c1)Cc1c(C(N)=O)cc(Br)cc1-2. The van der Waals surface area contributed by atoms with Crippen LogP contribution >= 0.6 is 15.9 Å². The number of amides is 1. The molecule has 0 unspecified atom stereocenters. The number of halogens is 1. The molecule has 0 fully saturated rings. The lowest BCUT2D eigenvalue weighted by atomic mass is 10.0. The molecule has 2 aromatic rings. The Morgan fingerprint density at radius 1 is 1.15 bits per heavy atom. The van der Waals surface area contributed by atoms with Crippen molar-refractivity contribution >= 4 is 27.6 Å². The second-order valence-corrected chi connectivity index (χ2v) is 5.86. The van der Waals surface area contributed by atoms with Crippen LogP contribution in [0.4, 0.5) is 0 Å². The highest BCUT2D eigenvalue weighted by Gasteiger charge is 2.24. The molecule has 0 spiro atoms. The third-order valence-electron chi connectivity index (χ3n) is 3.65. The molecule has 0 heterocycles. The van der Waals surface area contributed by atoms with Crippen molar-refractivity contribution < 1.29 is 9.59 Å². The topological polar surface area (TPSA) is 60.2 Å². The molecule has 0 saturated heterocycles. The Morgan fingerprint density at radius 2 is 1.90 bits per heavy atom. The van der Waals surface area contributed by atoms with Gasteiger partial charge in [-0.25, -0.2) is 0 Å². The first-order chi connectivity index (χ1) is 9.47. The number of hydrogen-bond donors (Lipinski definition) is 1. The van der Waals surface area contributed by atoms with Crippen molar-refractivity contribution in [1.82, 2.24) is 0 Å². The summed E-state index contributed by atoms with van der Waals surface area (Å²) in [5, 5.41) is 0. The minimum Gasteiger partial charge on any atom is -0.366 e. The number of fused-ring (bicyclic) bond motifs is 3. The number of primary amides is 1. The molecule has 0 saturated carbocycles. The normalized spacial score (nSPS) is 11.9. The van der Waals surface area contributed by atoms with Crippen LogP contribution in [0.2, 0.25) is 0 Å². The highest BCUT2D eigenvalue weighted by atomic mass is 79.9. The van der Waals surface area contributed by atoms with E-state index in [1.165, 1.54) is 0 Å². The number of rotatable bonds is 2. The summed E-state index contributed by atoms with van der Waals surface area (Å²) in [6.45, 7) is 1.55. The van der Waals surface area contributed by atoms with Crippen molar-refractivity contribution in [3.8, 4) is 11.1 Å². The molecule has 4 heteroatoms. The van der Waals surface area contributed by atoms with E-state index in [1.807, 2.05) is 24.3 Å². The third kappa shape index (κ3) is 1.96. The molecule has 0 atom stereocenters. The fourth-order valence-corrected chi connectivity index (χ4v) is 3.16. The predicted molar refractivity (Wildman–Crippen MR) is 80.9 cm³/mol. The van der Waals surface area contributed by atoms with Gasteiger partial charge in [-0.3, -0.25) is 9.59 Å². The number of ketones is 1. The van der Waals surface area contributed by atoms with E-state index in [4.69, 9.17) is 5.73 Å². The summed E-state index contributed by atoms with van der Waals surface area (Å²) in [4.78, 5) is 23.1. The largest absolute Gasteiger partial charge is 0.366 e. The Hall–Kier alpha value is -1.94. The van der Waals surface area contributed by atoms with Crippen LogP contribution in [0.1, 0.15) is 38.8 Å². The van der Waals surface area contributed by atoms with Crippen LogP contribution in [0.25, 0.3) is 11.1 Å². The quantitative estimate of drug-likeness (QED) is 0.733. The first-order valence-corrected chi connectivity index (χ1v) is 7.03. The minimum absolute atomic E-state index is 0.0417. The summed E-state index contributed by atoms with van der Waals surface area (Å²) in [5.41, 5.74) is 10.8. The summed E-state index contributed by atoms with van der Waals surface area (Å²) >= 11 is 3.41. The van der Waals surface area contributed by atoms with Crippen LogP contribution in [0, 0.1) is 0 Å². The Morgan fingerprint density at radius 3 is 2.55 bits per heavy atom. The Labute approximate surface area is 124 Å². The van der Waals surface area contributed by atoms with Gasteiger partial charge in [-0.15, -0.1) is 0 Å². The van der Waals surface area contributed by atoms with Gasteiger partial charge < -0.3 is 5.73 Å². The highest BCUT2D eigenvalue weighted by molar-refractivity contribution is 9.10. The number of carbonyl (C=O) groups is 2. The summed E-state index contributed by atoms with van der Waals surface area (Å²) in [7, 11) is 0. The number of Topliss-reactive ketones (excluding diaryl/α,β-unsaturated/α-hetero) is 1. The lowest BCUT2D eigenvalue weighted by Gasteiger charge is -2.06. The van der Waals surface area contributed by atoms with Crippen molar-refractivity contribution in [1.29, 1.82) is 0 Å². The van der Waals surface area contributed by atoms with Gasteiger partial charge >= 0.3 is 0 Å². The third-order valence-corrected chi connectivity index (χ3v) is 4.11. The predicted octanol–water partition coefficient (Wildman–Crippen LogP) is 3.32. The Balaban J connectivity index is 2.22. The molecule has 0 aromatic heterocycles. The van der Waals surface area contributed by atoms with Crippen LogP contribution in [-0.4, -0.2) is 11.7 Å². The molecule has 0 aliphatic heterocycles. The van der Waals surface area contributed by atoms with Crippen LogP contribution in [0.3, 0.4) is 0 Å². The molecule has 0 radical (unpaired) electrons. The maximum absolute atomic E-state index is 11.6. The average molecular weight is 330 g/mol. The van der Waals surface area contributed by atoms with E-state index in [0.29, 0.717) is 17.5 Å². The van der Waals surface area contributed by atoms with Gasteiger partial charge in [0.25, 0.3) is 0 Å². The van der Waals surface area contributed by atoms with E-state index in [1.54, 1.807) is 13.0 Å². The summed E-state index contributed by atoms with van der Waals surface area (Å²) < 4.78 is 0.827. The van der Waals surface area contributed by atoms with Gasteiger partial charge in [-0.1, -0.05) is 28.1 Å². The van der Waals surface area contributed by atoms with Gasteiger partial charge in [0.15, 0.2) is 5.78 Å². The molecule has 0 bridgehead atoms. The van der Waals surface area contributed by atoms with Crippen molar-refractivity contribution in [2.24, 2.45) is 5.73 Å². The van der Waals surface area contributed by atoms with E-state index in [-0.39, 0.29) is 5.78 Å². The first kappa shape index (κ1) is 13.1. The standard InChI is InChI=1S/C16H12BrNO2/c1-8(19)9-2-3-12-10(4-9)5-13-14(12)6-11(17)7-15(13)16(18)20/h2-4,6-7H,5H2,1H3,(H2,18,20). The molecule has 20 heavy (non-hydrogen) atoms. The van der Waals surface area contributed by atoms with E-state index in [0.717, 1.165) is 26.7 Å². The van der Waals surface area contributed by atoms with Gasteiger partial charge in [0.05, 0.1) is 0 Å². The van der Waals surface area contributed by atoms with Gasteiger partial charge in [-0.05, 0) is 53.8 Å². The summed E-state index contributed by atoms with van der Waals surface area (Å²) in [6.07, 6.45) is 0.636. The Kier molecular flexibility index (Phi) is 2.98. The maximum Gasteiger partial charge on any atom is 0.249 e. The molecule has 2 aromatic carbocycles. The van der Waals surface area contributed by atoms with Gasteiger partial charge in [0.2, 0.25) is 5.91 Å². The maximum atomic E-state index is 11.6.